The molecule has 0 saturated carbocycles. The van der Waals surface area contributed by atoms with Crippen molar-refractivity contribution in [3.05, 3.63) is 54.1 Å². The minimum Gasteiger partial charge on any atom is -0.494 e. The van der Waals surface area contributed by atoms with Crippen molar-refractivity contribution < 1.29 is 4.74 Å². The van der Waals surface area contributed by atoms with E-state index < -0.39 is 0 Å². The van der Waals surface area contributed by atoms with Crippen LogP contribution in [-0.2, 0) is 0 Å². The number of rotatable bonds is 5. The van der Waals surface area contributed by atoms with Crippen LogP contribution in [0.15, 0.2) is 42.9 Å². The number of nitrogens with one attached hydrogen (secondary N) is 1. The Morgan fingerprint density at radius 2 is 2.28 bits per heavy atom. The Hall–Kier alpha value is -1.98. The SMILES string of the molecule is CCOc1cccc(C(NN)c2ccncn2)c1. The number of ether oxygens (including phenoxy) is 1. The highest BCUT2D eigenvalue weighted by molar-refractivity contribution is 5.34. The second-order valence-electron chi connectivity index (χ2n) is 3.74. The predicted molar refractivity (Wildman–Crippen MR) is 68.8 cm³/mol. The lowest BCUT2D eigenvalue weighted by Crippen LogP contribution is -2.29. The van der Waals surface area contributed by atoms with Crippen LogP contribution in [0.5, 0.6) is 5.75 Å². The maximum absolute atomic E-state index is 5.61. The first kappa shape index (κ1) is 12.5. The molecule has 1 atom stereocenters. The molecule has 5 nitrogen and oxygen atoms in total. The number of benzene rings is 1. The summed E-state index contributed by atoms with van der Waals surface area (Å²) < 4.78 is 5.48. The monoisotopic (exact) mass is 244 g/mol. The second kappa shape index (κ2) is 6.09. The van der Waals surface area contributed by atoms with Gasteiger partial charge in [0.25, 0.3) is 0 Å². The molecule has 0 aliphatic heterocycles. The van der Waals surface area contributed by atoms with Crippen LogP contribution in [0.2, 0.25) is 0 Å². The third kappa shape index (κ3) is 2.82. The number of nitrogens with zero attached hydrogens (tertiary/aromatic N) is 2. The van der Waals surface area contributed by atoms with E-state index in [9.17, 15) is 0 Å². The van der Waals surface area contributed by atoms with Gasteiger partial charge in [0.05, 0.1) is 18.3 Å². The summed E-state index contributed by atoms with van der Waals surface area (Å²) in [5.74, 6) is 6.43. The van der Waals surface area contributed by atoms with Gasteiger partial charge in [-0.05, 0) is 30.7 Å². The molecule has 0 radical (unpaired) electrons. The van der Waals surface area contributed by atoms with Crippen LogP contribution >= 0.6 is 0 Å². The zero-order valence-corrected chi connectivity index (χ0v) is 10.2. The molecule has 2 aromatic rings. The summed E-state index contributed by atoms with van der Waals surface area (Å²) >= 11 is 0. The molecule has 0 aliphatic carbocycles. The first-order chi connectivity index (χ1) is 8.85. The second-order valence-corrected chi connectivity index (χ2v) is 3.74. The maximum atomic E-state index is 5.61. The number of hydrogen-bond donors (Lipinski definition) is 2. The minimum atomic E-state index is -0.173. The molecule has 0 fully saturated rings. The summed E-state index contributed by atoms with van der Waals surface area (Å²) in [6.07, 6.45) is 3.20. The Bertz CT molecular complexity index is 489. The fourth-order valence-electron chi connectivity index (χ4n) is 1.77. The zero-order chi connectivity index (χ0) is 12.8. The lowest BCUT2D eigenvalue weighted by Gasteiger charge is -2.16. The van der Waals surface area contributed by atoms with Gasteiger partial charge in [-0.15, -0.1) is 0 Å². The van der Waals surface area contributed by atoms with Gasteiger partial charge >= 0.3 is 0 Å². The Labute approximate surface area is 106 Å². The van der Waals surface area contributed by atoms with E-state index in [4.69, 9.17) is 10.6 Å². The van der Waals surface area contributed by atoms with Gasteiger partial charge in [-0.25, -0.2) is 15.4 Å². The van der Waals surface area contributed by atoms with Gasteiger partial charge in [0.1, 0.15) is 12.1 Å². The molecule has 0 saturated heterocycles. The Morgan fingerprint density at radius 1 is 1.39 bits per heavy atom. The summed E-state index contributed by atoms with van der Waals surface area (Å²) in [6, 6.07) is 9.45. The van der Waals surface area contributed by atoms with Gasteiger partial charge in [0.15, 0.2) is 0 Å². The number of hydrazine groups is 1. The highest BCUT2D eigenvalue weighted by Crippen LogP contribution is 2.23. The van der Waals surface area contributed by atoms with E-state index >= 15 is 0 Å². The number of nitrogens with two attached hydrogens (primary N) is 1. The van der Waals surface area contributed by atoms with Gasteiger partial charge in [-0.3, -0.25) is 5.84 Å². The summed E-state index contributed by atoms with van der Waals surface area (Å²) in [4.78, 5) is 8.11. The van der Waals surface area contributed by atoms with Crippen LogP contribution in [0.25, 0.3) is 0 Å². The fourth-order valence-corrected chi connectivity index (χ4v) is 1.77. The van der Waals surface area contributed by atoms with Crippen molar-refractivity contribution in [2.24, 2.45) is 5.84 Å². The molecule has 0 aliphatic rings. The maximum Gasteiger partial charge on any atom is 0.119 e. The summed E-state index contributed by atoms with van der Waals surface area (Å²) in [7, 11) is 0. The van der Waals surface area contributed by atoms with E-state index in [1.165, 1.54) is 6.33 Å². The summed E-state index contributed by atoms with van der Waals surface area (Å²) in [5, 5.41) is 0. The van der Waals surface area contributed by atoms with Gasteiger partial charge < -0.3 is 4.74 Å². The lowest BCUT2D eigenvalue weighted by atomic mass is 10.0. The average molecular weight is 244 g/mol. The van der Waals surface area contributed by atoms with Crippen molar-refractivity contribution in [2.45, 2.75) is 13.0 Å². The van der Waals surface area contributed by atoms with Crippen LogP contribution in [-0.4, -0.2) is 16.6 Å². The van der Waals surface area contributed by atoms with E-state index in [0.717, 1.165) is 17.0 Å². The normalized spacial score (nSPS) is 12.1. The van der Waals surface area contributed by atoms with Crippen LogP contribution in [0.1, 0.15) is 24.2 Å². The lowest BCUT2D eigenvalue weighted by molar-refractivity contribution is 0.339. The molecule has 5 heteroatoms. The van der Waals surface area contributed by atoms with Gasteiger partial charge in [-0.1, -0.05) is 12.1 Å². The number of aromatic nitrogens is 2. The molecule has 0 amide bonds. The Balaban J connectivity index is 2.30. The summed E-state index contributed by atoms with van der Waals surface area (Å²) in [5.41, 5.74) is 4.58. The predicted octanol–water partition coefficient (Wildman–Crippen LogP) is 1.43. The molecule has 1 heterocycles. The van der Waals surface area contributed by atoms with E-state index in [1.54, 1.807) is 6.20 Å². The van der Waals surface area contributed by atoms with Crippen molar-refractivity contribution in [3.63, 3.8) is 0 Å². The largest absolute Gasteiger partial charge is 0.494 e. The standard InChI is InChI=1S/C13H16N4O/c1-2-18-11-5-3-4-10(8-11)13(17-14)12-6-7-15-9-16-12/h3-9,13,17H,2,14H2,1H3. The van der Waals surface area contributed by atoms with Crippen molar-refractivity contribution in [2.75, 3.05) is 6.61 Å². The molecule has 2 rings (SSSR count). The van der Waals surface area contributed by atoms with Crippen LogP contribution in [0.3, 0.4) is 0 Å². The molecule has 3 N–H and O–H groups in total. The molecular formula is C13H16N4O. The molecular weight excluding hydrogens is 228 g/mol. The quantitative estimate of drug-likeness (QED) is 0.615. The molecule has 0 spiro atoms. The topological polar surface area (TPSA) is 73.1 Å². The van der Waals surface area contributed by atoms with Gasteiger partial charge in [-0.2, -0.15) is 0 Å². The van der Waals surface area contributed by atoms with Gasteiger partial charge in [0.2, 0.25) is 0 Å². The smallest absolute Gasteiger partial charge is 0.119 e. The Morgan fingerprint density at radius 3 is 2.94 bits per heavy atom. The van der Waals surface area contributed by atoms with Crippen LogP contribution in [0.4, 0.5) is 0 Å². The Kier molecular flexibility index (Phi) is 4.22. The van der Waals surface area contributed by atoms with Crippen molar-refractivity contribution >= 4 is 0 Å². The first-order valence-electron chi connectivity index (χ1n) is 5.80. The van der Waals surface area contributed by atoms with E-state index in [2.05, 4.69) is 15.4 Å². The molecule has 1 aromatic heterocycles. The minimum absolute atomic E-state index is 0.173. The van der Waals surface area contributed by atoms with Gasteiger partial charge in [0, 0.05) is 6.20 Å². The molecule has 1 aromatic carbocycles. The molecule has 94 valence electrons. The van der Waals surface area contributed by atoms with Crippen LogP contribution < -0.4 is 16.0 Å². The molecule has 18 heavy (non-hydrogen) atoms. The number of hydrogen-bond acceptors (Lipinski definition) is 5. The van der Waals surface area contributed by atoms with E-state index in [-0.39, 0.29) is 6.04 Å². The van der Waals surface area contributed by atoms with Crippen molar-refractivity contribution in [1.82, 2.24) is 15.4 Å². The molecule has 1 unspecified atom stereocenters. The van der Waals surface area contributed by atoms with Crippen molar-refractivity contribution in [1.29, 1.82) is 0 Å². The van der Waals surface area contributed by atoms with E-state index in [1.807, 2.05) is 37.3 Å². The molecule has 0 bridgehead atoms. The fraction of sp³-hybridized carbons (Fsp3) is 0.231. The van der Waals surface area contributed by atoms with E-state index in [0.29, 0.717) is 6.61 Å². The zero-order valence-electron chi connectivity index (χ0n) is 10.2. The third-order valence-corrected chi connectivity index (χ3v) is 2.57. The third-order valence-electron chi connectivity index (χ3n) is 2.57. The van der Waals surface area contributed by atoms with Crippen molar-refractivity contribution in [3.8, 4) is 5.75 Å². The highest BCUT2D eigenvalue weighted by Gasteiger charge is 2.13. The highest BCUT2D eigenvalue weighted by atomic mass is 16.5. The first-order valence-corrected chi connectivity index (χ1v) is 5.80. The average Bonchev–Trinajstić information content (AvgIpc) is 2.42. The van der Waals surface area contributed by atoms with Crippen LogP contribution in [0, 0.1) is 0 Å². The summed E-state index contributed by atoms with van der Waals surface area (Å²) in [6.45, 7) is 2.59.